The minimum atomic E-state index is -0.165. The normalized spacial score (nSPS) is 20.6. The molecule has 6 heteroatoms. The zero-order valence-electron chi connectivity index (χ0n) is 11.8. The Morgan fingerprint density at radius 1 is 1.20 bits per heavy atom. The van der Waals surface area contributed by atoms with Gasteiger partial charge >= 0.3 is 6.03 Å². The average Bonchev–Trinajstić information content (AvgIpc) is 3.27. The number of nitrogens with one attached hydrogen (secondary N) is 2. The largest absolute Gasteiger partial charge is 0.335 e. The molecule has 1 saturated carbocycles. The van der Waals surface area contributed by atoms with Gasteiger partial charge in [0.05, 0.1) is 18.1 Å². The van der Waals surface area contributed by atoms with E-state index in [1.165, 1.54) is 12.8 Å². The van der Waals surface area contributed by atoms with Crippen molar-refractivity contribution in [3.63, 3.8) is 0 Å². The van der Waals surface area contributed by atoms with Crippen LogP contribution in [0.3, 0.4) is 0 Å². The maximum Gasteiger partial charge on any atom is 0.319 e. The summed E-state index contributed by atoms with van der Waals surface area (Å²) in [6, 6.07) is 0.0974. The molecule has 0 unspecified atom stereocenters. The van der Waals surface area contributed by atoms with Crippen LogP contribution in [0.15, 0.2) is 12.4 Å². The van der Waals surface area contributed by atoms with Gasteiger partial charge in [-0.25, -0.2) is 14.8 Å². The van der Waals surface area contributed by atoms with Gasteiger partial charge in [0.25, 0.3) is 0 Å². The third-order valence-corrected chi connectivity index (χ3v) is 3.93. The van der Waals surface area contributed by atoms with Crippen LogP contribution in [0.2, 0.25) is 0 Å². The van der Waals surface area contributed by atoms with E-state index in [0.717, 1.165) is 31.8 Å². The number of carbonyl (C=O) groups is 1. The summed E-state index contributed by atoms with van der Waals surface area (Å²) in [5, 5.41) is 5.80. The number of aromatic nitrogens is 2. The number of piperidine rings is 1. The van der Waals surface area contributed by atoms with Crippen molar-refractivity contribution in [3.05, 3.63) is 18.2 Å². The molecule has 1 saturated heterocycles. The molecule has 1 aromatic rings. The van der Waals surface area contributed by atoms with Crippen LogP contribution in [0.1, 0.15) is 37.4 Å². The fourth-order valence-corrected chi connectivity index (χ4v) is 2.46. The molecular formula is C14H21N5O. The van der Waals surface area contributed by atoms with Gasteiger partial charge in [0.2, 0.25) is 0 Å². The molecular weight excluding hydrogens is 254 g/mol. The second-order valence-corrected chi connectivity index (χ2v) is 5.78. The molecule has 0 aromatic carbocycles. The third kappa shape index (κ3) is 3.45. The molecule has 2 aliphatic rings. The number of nitrogens with zero attached hydrogens (tertiary/aromatic N) is 3. The lowest BCUT2D eigenvalue weighted by molar-refractivity contribution is 0.221. The van der Waals surface area contributed by atoms with E-state index in [0.29, 0.717) is 11.6 Å². The Bertz CT molecular complexity index is 463. The van der Waals surface area contributed by atoms with Gasteiger partial charge < -0.3 is 15.5 Å². The Morgan fingerprint density at radius 3 is 2.45 bits per heavy atom. The Labute approximate surface area is 119 Å². The molecule has 2 amide bonds. The summed E-state index contributed by atoms with van der Waals surface area (Å²) in [7, 11) is 2.11. The van der Waals surface area contributed by atoms with Crippen molar-refractivity contribution >= 4 is 11.7 Å². The summed E-state index contributed by atoms with van der Waals surface area (Å²) < 4.78 is 0. The Kier molecular flexibility index (Phi) is 3.82. The summed E-state index contributed by atoms with van der Waals surface area (Å²) in [6.07, 6.45) is 7.75. The standard InChI is InChI=1S/C14H21N5O/c1-19-6-4-11(5-7-19)17-14(20)18-12-8-15-13(16-9-12)10-2-3-10/h8-11H,2-7H2,1H3,(H2,17,18,20). The molecule has 2 heterocycles. The summed E-state index contributed by atoms with van der Waals surface area (Å²) in [4.78, 5) is 22.8. The number of amides is 2. The maximum atomic E-state index is 11.9. The van der Waals surface area contributed by atoms with Crippen molar-refractivity contribution in [1.29, 1.82) is 0 Å². The zero-order valence-corrected chi connectivity index (χ0v) is 11.8. The van der Waals surface area contributed by atoms with Gasteiger partial charge in [0, 0.05) is 12.0 Å². The van der Waals surface area contributed by atoms with Crippen molar-refractivity contribution in [3.8, 4) is 0 Å². The number of hydrogen-bond acceptors (Lipinski definition) is 4. The first kappa shape index (κ1) is 13.3. The van der Waals surface area contributed by atoms with Crippen molar-refractivity contribution in [2.45, 2.75) is 37.6 Å². The molecule has 0 radical (unpaired) electrons. The van der Waals surface area contributed by atoms with Crippen LogP contribution in [0.4, 0.5) is 10.5 Å². The predicted octanol–water partition coefficient (Wildman–Crippen LogP) is 1.57. The van der Waals surface area contributed by atoms with Crippen molar-refractivity contribution in [1.82, 2.24) is 20.2 Å². The second-order valence-electron chi connectivity index (χ2n) is 5.78. The third-order valence-electron chi connectivity index (χ3n) is 3.93. The van der Waals surface area contributed by atoms with Crippen LogP contribution in [0.5, 0.6) is 0 Å². The van der Waals surface area contributed by atoms with Crippen LogP contribution in [-0.4, -0.2) is 47.1 Å². The monoisotopic (exact) mass is 275 g/mol. The highest BCUT2D eigenvalue weighted by molar-refractivity contribution is 5.89. The van der Waals surface area contributed by atoms with E-state index in [1.54, 1.807) is 12.4 Å². The van der Waals surface area contributed by atoms with E-state index in [9.17, 15) is 4.79 Å². The minimum Gasteiger partial charge on any atom is -0.335 e. The molecule has 3 rings (SSSR count). The van der Waals surface area contributed by atoms with Crippen LogP contribution >= 0.6 is 0 Å². The van der Waals surface area contributed by atoms with Crippen LogP contribution < -0.4 is 10.6 Å². The highest BCUT2D eigenvalue weighted by Gasteiger charge is 2.26. The lowest BCUT2D eigenvalue weighted by atomic mass is 10.1. The average molecular weight is 275 g/mol. The van der Waals surface area contributed by atoms with E-state index in [1.807, 2.05) is 0 Å². The highest BCUT2D eigenvalue weighted by Crippen LogP contribution is 2.37. The van der Waals surface area contributed by atoms with Crippen molar-refractivity contribution < 1.29 is 4.79 Å². The Hall–Kier alpha value is -1.69. The predicted molar refractivity (Wildman–Crippen MR) is 76.7 cm³/mol. The summed E-state index contributed by atoms with van der Waals surface area (Å²) in [5.41, 5.74) is 0.653. The van der Waals surface area contributed by atoms with E-state index >= 15 is 0 Å². The molecule has 2 fully saturated rings. The number of carbonyl (C=O) groups excluding carboxylic acids is 1. The number of urea groups is 1. The van der Waals surface area contributed by atoms with Gasteiger partial charge in [-0.2, -0.15) is 0 Å². The fraction of sp³-hybridized carbons (Fsp3) is 0.643. The second kappa shape index (κ2) is 5.75. The van der Waals surface area contributed by atoms with Gasteiger partial charge in [-0.05, 0) is 45.8 Å². The molecule has 6 nitrogen and oxygen atoms in total. The number of anilines is 1. The first-order valence-corrected chi connectivity index (χ1v) is 7.29. The van der Waals surface area contributed by atoms with Gasteiger partial charge in [0.15, 0.2) is 0 Å². The fourth-order valence-electron chi connectivity index (χ4n) is 2.46. The molecule has 0 atom stereocenters. The summed E-state index contributed by atoms with van der Waals surface area (Å²) in [5.74, 6) is 1.43. The smallest absolute Gasteiger partial charge is 0.319 e. The molecule has 1 aromatic heterocycles. The van der Waals surface area contributed by atoms with Crippen molar-refractivity contribution in [2.24, 2.45) is 0 Å². The van der Waals surface area contributed by atoms with Crippen molar-refractivity contribution in [2.75, 3.05) is 25.5 Å². The topological polar surface area (TPSA) is 70.2 Å². The molecule has 1 aliphatic carbocycles. The van der Waals surface area contributed by atoms with Crippen LogP contribution in [0.25, 0.3) is 0 Å². The number of rotatable bonds is 3. The minimum absolute atomic E-state index is 0.165. The SMILES string of the molecule is CN1CCC(NC(=O)Nc2cnc(C3CC3)nc2)CC1. The number of likely N-dealkylation sites (tertiary alicyclic amines) is 1. The van der Waals surface area contributed by atoms with E-state index in [2.05, 4.69) is 32.5 Å². The van der Waals surface area contributed by atoms with Gasteiger partial charge in [0.1, 0.15) is 5.82 Å². The molecule has 2 N–H and O–H groups in total. The molecule has 1 aliphatic heterocycles. The van der Waals surface area contributed by atoms with Gasteiger partial charge in [-0.1, -0.05) is 0 Å². The van der Waals surface area contributed by atoms with Gasteiger partial charge in [-0.3, -0.25) is 0 Å². The lowest BCUT2D eigenvalue weighted by Gasteiger charge is -2.29. The quantitative estimate of drug-likeness (QED) is 0.878. The molecule has 108 valence electrons. The van der Waals surface area contributed by atoms with E-state index in [-0.39, 0.29) is 12.1 Å². The van der Waals surface area contributed by atoms with Gasteiger partial charge in [-0.15, -0.1) is 0 Å². The summed E-state index contributed by atoms with van der Waals surface area (Å²) in [6.45, 7) is 2.06. The Balaban J connectivity index is 1.48. The van der Waals surface area contributed by atoms with E-state index < -0.39 is 0 Å². The zero-order chi connectivity index (χ0) is 13.9. The summed E-state index contributed by atoms with van der Waals surface area (Å²) >= 11 is 0. The van der Waals surface area contributed by atoms with E-state index in [4.69, 9.17) is 0 Å². The molecule has 0 bridgehead atoms. The maximum absolute atomic E-state index is 11.9. The molecule has 20 heavy (non-hydrogen) atoms. The Morgan fingerprint density at radius 2 is 1.85 bits per heavy atom. The highest BCUT2D eigenvalue weighted by atomic mass is 16.2. The first-order valence-electron chi connectivity index (χ1n) is 7.29. The lowest BCUT2D eigenvalue weighted by Crippen LogP contribution is -2.44. The number of hydrogen-bond donors (Lipinski definition) is 2. The molecule has 0 spiro atoms. The first-order chi connectivity index (χ1) is 9.70. The van der Waals surface area contributed by atoms with Crippen LogP contribution in [0, 0.1) is 0 Å². The van der Waals surface area contributed by atoms with Crippen LogP contribution in [-0.2, 0) is 0 Å².